The van der Waals surface area contributed by atoms with E-state index in [0.29, 0.717) is 0 Å². The molecule has 0 unspecified atom stereocenters. The van der Waals surface area contributed by atoms with E-state index in [9.17, 15) is 0 Å². The zero-order valence-electron chi connectivity index (χ0n) is 7.34. The van der Waals surface area contributed by atoms with E-state index in [1.54, 1.807) is 0 Å². The topological polar surface area (TPSA) is 15.3 Å². The lowest BCUT2D eigenvalue weighted by Crippen LogP contribution is -2.52. The van der Waals surface area contributed by atoms with Crippen LogP contribution in [-0.4, -0.2) is 37.1 Å². The zero-order valence-corrected chi connectivity index (χ0v) is 7.34. The Morgan fingerprint density at radius 1 is 1.18 bits per heavy atom. The maximum Gasteiger partial charge on any atom is 0.0110 e. The summed E-state index contributed by atoms with van der Waals surface area (Å²) in [7, 11) is 0. The van der Waals surface area contributed by atoms with Gasteiger partial charge < -0.3 is 5.32 Å². The van der Waals surface area contributed by atoms with Crippen LogP contribution in [0.5, 0.6) is 0 Å². The predicted molar refractivity (Wildman–Crippen MR) is 46.6 cm³/mol. The van der Waals surface area contributed by atoms with Crippen LogP contribution in [-0.2, 0) is 0 Å². The Hall–Kier alpha value is -0.0800. The SMILES string of the molecule is C[C@H]1C[C@H](N2CCNCC2)C1. The molecule has 0 amide bonds. The van der Waals surface area contributed by atoms with Crippen molar-refractivity contribution in [3.63, 3.8) is 0 Å². The van der Waals surface area contributed by atoms with E-state index in [1.807, 2.05) is 0 Å². The lowest BCUT2D eigenvalue weighted by Gasteiger charge is -2.43. The molecule has 11 heavy (non-hydrogen) atoms. The molecule has 0 aromatic carbocycles. The monoisotopic (exact) mass is 154 g/mol. The second-order valence-corrected chi connectivity index (χ2v) is 4.02. The van der Waals surface area contributed by atoms with E-state index in [2.05, 4.69) is 17.1 Å². The molecule has 0 aromatic heterocycles. The molecule has 64 valence electrons. The fraction of sp³-hybridized carbons (Fsp3) is 1.00. The van der Waals surface area contributed by atoms with Crippen molar-refractivity contribution in [2.24, 2.45) is 5.92 Å². The van der Waals surface area contributed by atoms with Crippen LogP contribution in [0.3, 0.4) is 0 Å². The molecule has 0 spiro atoms. The lowest BCUT2D eigenvalue weighted by atomic mass is 9.80. The summed E-state index contributed by atoms with van der Waals surface area (Å²) >= 11 is 0. The molecule has 0 bridgehead atoms. The minimum Gasteiger partial charge on any atom is -0.314 e. The number of hydrogen-bond acceptors (Lipinski definition) is 2. The van der Waals surface area contributed by atoms with Crippen LogP contribution < -0.4 is 5.32 Å². The van der Waals surface area contributed by atoms with Crippen LogP contribution in [0.25, 0.3) is 0 Å². The maximum atomic E-state index is 3.39. The van der Waals surface area contributed by atoms with Gasteiger partial charge >= 0.3 is 0 Å². The lowest BCUT2D eigenvalue weighted by molar-refractivity contribution is 0.0753. The van der Waals surface area contributed by atoms with Crippen molar-refractivity contribution >= 4 is 0 Å². The van der Waals surface area contributed by atoms with Crippen molar-refractivity contribution in [1.29, 1.82) is 0 Å². The van der Waals surface area contributed by atoms with Gasteiger partial charge in [-0.15, -0.1) is 0 Å². The van der Waals surface area contributed by atoms with E-state index in [1.165, 1.54) is 39.0 Å². The van der Waals surface area contributed by atoms with E-state index in [-0.39, 0.29) is 0 Å². The second-order valence-electron chi connectivity index (χ2n) is 4.02. The Kier molecular flexibility index (Phi) is 2.14. The smallest absolute Gasteiger partial charge is 0.0110 e. The van der Waals surface area contributed by atoms with Crippen LogP contribution in [0.15, 0.2) is 0 Å². The van der Waals surface area contributed by atoms with Gasteiger partial charge in [-0.25, -0.2) is 0 Å². The highest BCUT2D eigenvalue weighted by atomic mass is 15.2. The van der Waals surface area contributed by atoms with Gasteiger partial charge in [0.05, 0.1) is 0 Å². The Labute approximate surface area is 69.0 Å². The Morgan fingerprint density at radius 3 is 2.36 bits per heavy atom. The second kappa shape index (κ2) is 3.11. The Bertz CT molecular complexity index is 124. The van der Waals surface area contributed by atoms with Gasteiger partial charge in [0.25, 0.3) is 0 Å². The average molecular weight is 154 g/mol. The van der Waals surface area contributed by atoms with Gasteiger partial charge in [-0.2, -0.15) is 0 Å². The number of nitrogens with one attached hydrogen (secondary N) is 1. The standard InChI is InChI=1S/C9H18N2/c1-8-6-9(7-8)11-4-2-10-3-5-11/h8-10H,2-7H2,1H3/t8-,9-. The summed E-state index contributed by atoms with van der Waals surface area (Å²) in [6.45, 7) is 7.31. The fourth-order valence-corrected chi connectivity index (χ4v) is 2.21. The van der Waals surface area contributed by atoms with Gasteiger partial charge in [0.15, 0.2) is 0 Å². The van der Waals surface area contributed by atoms with E-state index >= 15 is 0 Å². The zero-order chi connectivity index (χ0) is 7.68. The molecule has 0 atom stereocenters. The van der Waals surface area contributed by atoms with Crippen molar-refractivity contribution < 1.29 is 0 Å². The largest absolute Gasteiger partial charge is 0.314 e. The summed E-state index contributed by atoms with van der Waals surface area (Å²) < 4.78 is 0. The quantitative estimate of drug-likeness (QED) is 0.598. The van der Waals surface area contributed by atoms with Crippen LogP contribution in [0.4, 0.5) is 0 Å². The molecule has 1 saturated heterocycles. The number of nitrogens with zero attached hydrogens (tertiary/aromatic N) is 1. The van der Waals surface area contributed by atoms with Gasteiger partial charge in [0.2, 0.25) is 0 Å². The molecule has 2 fully saturated rings. The first kappa shape index (κ1) is 7.56. The van der Waals surface area contributed by atoms with Crippen molar-refractivity contribution in [3.8, 4) is 0 Å². The first-order valence-corrected chi connectivity index (χ1v) is 4.81. The molecule has 2 aliphatic rings. The van der Waals surface area contributed by atoms with Crippen molar-refractivity contribution in [3.05, 3.63) is 0 Å². The van der Waals surface area contributed by atoms with E-state index in [4.69, 9.17) is 0 Å². The molecule has 0 aromatic rings. The first-order chi connectivity index (χ1) is 5.36. The highest BCUT2D eigenvalue weighted by Crippen LogP contribution is 2.30. The molecular formula is C9H18N2. The van der Waals surface area contributed by atoms with Crippen LogP contribution >= 0.6 is 0 Å². The highest BCUT2D eigenvalue weighted by molar-refractivity contribution is 4.86. The minimum atomic E-state index is 0.937. The molecule has 2 rings (SSSR count). The van der Waals surface area contributed by atoms with Gasteiger partial charge in [0.1, 0.15) is 0 Å². The third-order valence-electron chi connectivity index (χ3n) is 3.02. The normalized spacial score (nSPS) is 40.1. The molecule has 1 heterocycles. The molecule has 1 saturated carbocycles. The van der Waals surface area contributed by atoms with Gasteiger partial charge in [0, 0.05) is 32.2 Å². The van der Waals surface area contributed by atoms with Crippen molar-refractivity contribution in [2.75, 3.05) is 26.2 Å². The number of hydrogen-bond donors (Lipinski definition) is 1. The molecule has 1 aliphatic heterocycles. The van der Waals surface area contributed by atoms with Crippen LogP contribution in [0.1, 0.15) is 19.8 Å². The highest BCUT2D eigenvalue weighted by Gasteiger charge is 2.30. The predicted octanol–water partition coefficient (Wildman–Crippen LogP) is 0.690. The summed E-state index contributed by atoms with van der Waals surface area (Å²) in [6.07, 6.45) is 2.89. The maximum absolute atomic E-state index is 3.39. The van der Waals surface area contributed by atoms with Crippen LogP contribution in [0, 0.1) is 5.92 Å². The summed E-state index contributed by atoms with van der Waals surface area (Å²) in [5, 5.41) is 3.39. The Morgan fingerprint density at radius 2 is 1.82 bits per heavy atom. The first-order valence-electron chi connectivity index (χ1n) is 4.81. The van der Waals surface area contributed by atoms with Crippen molar-refractivity contribution in [1.82, 2.24) is 10.2 Å². The summed E-state index contributed by atoms with van der Waals surface area (Å²) in [5.41, 5.74) is 0. The van der Waals surface area contributed by atoms with Gasteiger partial charge in [-0.3, -0.25) is 4.90 Å². The van der Waals surface area contributed by atoms with Crippen molar-refractivity contribution in [2.45, 2.75) is 25.8 Å². The third-order valence-corrected chi connectivity index (χ3v) is 3.02. The number of rotatable bonds is 1. The molecule has 1 N–H and O–H groups in total. The summed E-state index contributed by atoms with van der Waals surface area (Å²) in [4.78, 5) is 2.65. The van der Waals surface area contributed by atoms with Gasteiger partial charge in [-0.1, -0.05) is 6.92 Å². The summed E-state index contributed by atoms with van der Waals surface area (Å²) in [6, 6.07) is 0.937. The van der Waals surface area contributed by atoms with E-state index in [0.717, 1.165) is 12.0 Å². The molecule has 2 heteroatoms. The molecular weight excluding hydrogens is 136 g/mol. The third kappa shape index (κ3) is 1.57. The van der Waals surface area contributed by atoms with E-state index < -0.39 is 0 Å². The van der Waals surface area contributed by atoms with Crippen LogP contribution in [0.2, 0.25) is 0 Å². The minimum absolute atomic E-state index is 0.937. The Balaban J connectivity index is 1.76. The van der Waals surface area contributed by atoms with Gasteiger partial charge in [-0.05, 0) is 18.8 Å². The fourth-order valence-electron chi connectivity index (χ4n) is 2.21. The summed E-state index contributed by atoms with van der Waals surface area (Å²) in [5.74, 6) is 0.995. The average Bonchev–Trinajstić information content (AvgIpc) is 2.01. The molecule has 1 aliphatic carbocycles. The molecule has 2 nitrogen and oxygen atoms in total. The molecule has 0 radical (unpaired) electrons. The number of piperazine rings is 1.